The van der Waals surface area contributed by atoms with E-state index in [2.05, 4.69) is 6.92 Å². The minimum atomic E-state index is -2.94. The first-order chi connectivity index (χ1) is 13.8. The van der Waals surface area contributed by atoms with E-state index in [-0.39, 0.29) is 23.7 Å². The van der Waals surface area contributed by atoms with Crippen LogP contribution >= 0.6 is 0 Å². The Morgan fingerprint density at radius 1 is 1.23 bits per heavy atom. The molecule has 1 rings (SSSR count). The quantitative estimate of drug-likeness (QED) is 0.302. The van der Waals surface area contributed by atoms with Gasteiger partial charge >= 0.3 is 5.97 Å². The second kappa shape index (κ2) is 11.5. The molecule has 0 radical (unpaired) electrons. The molecular weight excluding hydrogens is 404 g/mol. The Morgan fingerprint density at radius 2 is 1.90 bits per heavy atom. The fourth-order valence-corrected chi connectivity index (χ4v) is 4.62. The highest BCUT2D eigenvalue weighted by atomic mass is 32.2. The maximum atomic E-state index is 12.6. The molecule has 0 saturated carbocycles. The van der Waals surface area contributed by atoms with Crippen LogP contribution in [-0.4, -0.2) is 88.1 Å². The molecule has 0 bridgehead atoms. The summed E-state index contributed by atoms with van der Waals surface area (Å²) in [4.78, 5) is 26.6. The van der Waals surface area contributed by atoms with Crippen molar-refractivity contribution in [2.24, 2.45) is 5.41 Å². The Morgan fingerprint density at radius 3 is 2.43 bits per heavy atom. The van der Waals surface area contributed by atoms with E-state index in [9.17, 15) is 18.0 Å². The predicted molar refractivity (Wildman–Crippen MR) is 120 cm³/mol. The summed E-state index contributed by atoms with van der Waals surface area (Å²) in [5.74, 6) is 0.255. The minimum Gasteiger partial charge on any atom is -0.459 e. The van der Waals surface area contributed by atoms with Gasteiger partial charge in [-0.1, -0.05) is 13.3 Å². The van der Waals surface area contributed by atoms with Crippen molar-refractivity contribution in [2.75, 3.05) is 52.3 Å². The first-order valence-electron chi connectivity index (χ1n) is 11.2. The van der Waals surface area contributed by atoms with Gasteiger partial charge in [-0.2, -0.15) is 0 Å². The highest BCUT2D eigenvalue weighted by Crippen LogP contribution is 2.27. The lowest BCUT2D eigenvalue weighted by molar-refractivity contribution is -0.890. The lowest BCUT2D eigenvalue weighted by Crippen LogP contribution is -2.44. The van der Waals surface area contributed by atoms with Gasteiger partial charge < -0.3 is 14.1 Å². The summed E-state index contributed by atoms with van der Waals surface area (Å²) in [7, 11) is 1.10. The van der Waals surface area contributed by atoms with Crippen LogP contribution in [-0.2, 0) is 24.2 Å². The topological polar surface area (TPSA) is 80.8 Å². The number of hydrogen-bond acceptors (Lipinski definition) is 5. The molecule has 0 N–H and O–H groups in total. The second-order valence-corrected chi connectivity index (χ2v) is 12.3. The third-order valence-electron chi connectivity index (χ3n) is 6.12. The molecule has 8 heteroatoms. The molecule has 1 aliphatic heterocycles. The van der Waals surface area contributed by atoms with Gasteiger partial charge in [0.25, 0.3) is 0 Å². The van der Waals surface area contributed by atoms with E-state index in [1.165, 1.54) is 6.26 Å². The van der Waals surface area contributed by atoms with Crippen molar-refractivity contribution in [3.63, 3.8) is 0 Å². The Kier molecular flexibility index (Phi) is 10.3. The molecule has 1 saturated heterocycles. The summed E-state index contributed by atoms with van der Waals surface area (Å²) in [6, 6.07) is 0.275. The van der Waals surface area contributed by atoms with E-state index >= 15 is 0 Å². The van der Waals surface area contributed by atoms with Crippen molar-refractivity contribution < 1.29 is 27.2 Å². The number of likely N-dealkylation sites (N-methyl/N-ethyl adjacent to an activating group) is 1. The summed E-state index contributed by atoms with van der Waals surface area (Å²) in [5.41, 5.74) is -0.555. The third-order valence-corrected chi connectivity index (χ3v) is 7.15. The van der Waals surface area contributed by atoms with Crippen LogP contribution in [0.3, 0.4) is 0 Å². The molecule has 7 nitrogen and oxygen atoms in total. The van der Waals surface area contributed by atoms with Crippen LogP contribution in [0.4, 0.5) is 0 Å². The molecule has 176 valence electrons. The van der Waals surface area contributed by atoms with Gasteiger partial charge in [-0.25, -0.2) is 8.42 Å². The number of esters is 1. The van der Waals surface area contributed by atoms with E-state index in [0.717, 1.165) is 45.2 Å². The van der Waals surface area contributed by atoms with Gasteiger partial charge in [-0.15, -0.1) is 0 Å². The van der Waals surface area contributed by atoms with E-state index in [1.54, 1.807) is 0 Å². The van der Waals surface area contributed by atoms with Gasteiger partial charge in [0.05, 0.1) is 31.8 Å². The number of quaternary nitrogens is 1. The molecule has 1 unspecified atom stereocenters. The summed E-state index contributed by atoms with van der Waals surface area (Å²) in [6.45, 7) is 8.52. The van der Waals surface area contributed by atoms with Gasteiger partial charge in [0.1, 0.15) is 23.0 Å². The van der Waals surface area contributed by atoms with Gasteiger partial charge in [0.15, 0.2) is 0 Å². The van der Waals surface area contributed by atoms with Gasteiger partial charge in [0.2, 0.25) is 5.91 Å². The van der Waals surface area contributed by atoms with Crippen LogP contribution in [0.5, 0.6) is 0 Å². The predicted octanol–water partition coefficient (Wildman–Crippen LogP) is 2.64. The van der Waals surface area contributed by atoms with E-state index < -0.39 is 15.3 Å². The average molecular weight is 448 g/mol. The van der Waals surface area contributed by atoms with E-state index in [1.807, 2.05) is 32.8 Å². The molecule has 0 aromatic rings. The first-order valence-corrected chi connectivity index (χ1v) is 13.3. The second-order valence-electron chi connectivity index (χ2n) is 10.0. The minimum absolute atomic E-state index is 0.184. The van der Waals surface area contributed by atoms with Crippen molar-refractivity contribution in [2.45, 2.75) is 71.8 Å². The highest BCUT2D eigenvalue weighted by Gasteiger charge is 2.31. The van der Waals surface area contributed by atoms with Crippen molar-refractivity contribution in [1.29, 1.82) is 0 Å². The van der Waals surface area contributed by atoms with Gasteiger partial charge in [-0.05, 0) is 39.5 Å². The fourth-order valence-electron chi connectivity index (χ4n) is 3.96. The Balaban J connectivity index is 2.36. The first kappa shape index (κ1) is 26.9. The van der Waals surface area contributed by atoms with Crippen LogP contribution in [0, 0.1) is 5.41 Å². The molecule has 0 spiro atoms. The standard InChI is InChI=1S/C22H43N2O5S/c1-7-19(23-14-9-12-20(23)25)11-8-13-22(2,3)21(26)29-17-16-24(4,5)15-10-18-30(6,27)28/h19H,7-18H2,1-6H3/q+1. The molecule has 1 heterocycles. The summed E-state index contributed by atoms with van der Waals surface area (Å²) < 4.78 is 28.7. The maximum Gasteiger partial charge on any atom is 0.311 e. The average Bonchev–Trinajstić information content (AvgIpc) is 3.03. The number of nitrogens with zero attached hydrogens (tertiary/aromatic N) is 2. The van der Waals surface area contributed by atoms with Crippen LogP contribution in [0.25, 0.3) is 0 Å². The normalized spacial score (nSPS) is 16.7. The SMILES string of the molecule is CCC(CCCC(C)(C)C(=O)OCC[N+](C)(C)CCCS(C)(=O)=O)N1CCCC1=O. The summed E-state index contributed by atoms with van der Waals surface area (Å²) in [6.07, 6.45) is 6.96. The molecule has 0 aromatic heterocycles. The van der Waals surface area contributed by atoms with E-state index in [4.69, 9.17) is 4.74 Å². The molecule has 30 heavy (non-hydrogen) atoms. The van der Waals surface area contributed by atoms with E-state index in [0.29, 0.717) is 30.5 Å². The molecule has 1 amide bonds. The number of ether oxygens (including phenoxy) is 1. The van der Waals surface area contributed by atoms with Crippen LogP contribution in [0.2, 0.25) is 0 Å². The van der Waals surface area contributed by atoms with Crippen molar-refractivity contribution in [3.8, 4) is 0 Å². The fraction of sp³-hybridized carbons (Fsp3) is 0.909. The summed E-state index contributed by atoms with van der Waals surface area (Å²) in [5, 5.41) is 0. The molecule has 1 atom stereocenters. The van der Waals surface area contributed by atoms with Gasteiger partial charge in [-0.3, -0.25) is 9.59 Å². The summed E-state index contributed by atoms with van der Waals surface area (Å²) >= 11 is 0. The molecule has 0 aliphatic carbocycles. The number of carbonyl (C=O) groups is 2. The number of hydrogen-bond donors (Lipinski definition) is 0. The number of rotatable bonds is 14. The zero-order valence-electron chi connectivity index (χ0n) is 19.9. The Labute approximate surface area is 183 Å². The number of likely N-dealkylation sites (tertiary alicyclic amines) is 1. The van der Waals surface area contributed by atoms with Crippen molar-refractivity contribution >= 4 is 21.7 Å². The van der Waals surface area contributed by atoms with Crippen molar-refractivity contribution in [1.82, 2.24) is 4.90 Å². The molecule has 1 aliphatic rings. The zero-order chi connectivity index (χ0) is 23.0. The third kappa shape index (κ3) is 9.77. The van der Waals surface area contributed by atoms with Crippen LogP contribution in [0.1, 0.15) is 65.7 Å². The van der Waals surface area contributed by atoms with Crippen molar-refractivity contribution in [3.05, 3.63) is 0 Å². The van der Waals surface area contributed by atoms with Crippen LogP contribution < -0.4 is 0 Å². The number of carbonyl (C=O) groups excluding carboxylic acids is 2. The largest absolute Gasteiger partial charge is 0.459 e. The van der Waals surface area contributed by atoms with Crippen LogP contribution in [0.15, 0.2) is 0 Å². The van der Waals surface area contributed by atoms with Gasteiger partial charge in [0, 0.05) is 31.7 Å². The number of sulfone groups is 1. The zero-order valence-corrected chi connectivity index (χ0v) is 20.7. The lowest BCUT2D eigenvalue weighted by atomic mass is 9.86. The molecule has 0 aromatic carbocycles. The monoisotopic (exact) mass is 447 g/mol. The number of amides is 1. The Hall–Kier alpha value is -1.15. The smallest absolute Gasteiger partial charge is 0.311 e. The molecular formula is C22H43N2O5S+. The lowest BCUT2D eigenvalue weighted by Gasteiger charge is -2.31. The maximum absolute atomic E-state index is 12.6. The Bertz CT molecular complexity index is 673. The molecule has 1 fully saturated rings. The highest BCUT2D eigenvalue weighted by molar-refractivity contribution is 7.90.